The van der Waals surface area contributed by atoms with E-state index < -0.39 is 11.7 Å². The number of amides is 1. The van der Waals surface area contributed by atoms with Gasteiger partial charge in [-0.1, -0.05) is 23.2 Å². The molecule has 0 atom stereocenters. The number of nitrogens with two attached hydrogens (primary N) is 1. The van der Waals surface area contributed by atoms with Crippen molar-refractivity contribution in [3.05, 3.63) is 44.6 Å². The monoisotopic (exact) mass is 403 g/mol. The lowest BCUT2D eigenvalue weighted by molar-refractivity contribution is 0.1000. The molecule has 1 aromatic carbocycles. The molecule has 2 aromatic heterocycles. The van der Waals surface area contributed by atoms with Crippen molar-refractivity contribution >= 4 is 56.1 Å². The van der Waals surface area contributed by atoms with Crippen molar-refractivity contribution in [1.29, 1.82) is 0 Å². The minimum absolute atomic E-state index is 0.0417. The van der Waals surface area contributed by atoms with E-state index in [-0.39, 0.29) is 21.8 Å². The van der Waals surface area contributed by atoms with Crippen molar-refractivity contribution in [2.24, 2.45) is 5.73 Å². The Morgan fingerprint density at radius 1 is 1.27 bits per heavy atom. The van der Waals surface area contributed by atoms with Gasteiger partial charge in [-0.15, -0.1) is 0 Å². The Morgan fingerprint density at radius 3 is 2.50 bits per heavy atom. The lowest BCUT2D eigenvalue weighted by atomic mass is 10.3. The molecule has 0 spiro atoms. The first kappa shape index (κ1) is 15.1. The van der Waals surface area contributed by atoms with Crippen molar-refractivity contribution < 1.29 is 9.18 Å². The van der Waals surface area contributed by atoms with Crippen LogP contribution < -0.4 is 5.73 Å². The zero-order valence-electron chi connectivity index (χ0n) is 10.5. The van der Waals surface area contributed by atoms with E-state index in [1.54, 1.807) is 0 Å². The van der Waals surface area contributed by atoms with Gasteiger partial charge in [0, 0.05) is 10.5 Å². The van der Waals surface area contributed by atoms with Crippen molar-refractivity contribution in [3.63, 3.8) is 0 Å². The molecule has 0 bridgehead atoms. The molecule has 0 saturated carbocycles. The summed E-state index contributed by atoms with van der Waals surface area (Å²) in [5.41, 5.74) is 5.89. The average Bonchev–Trinajstić information content (AvgIpc) is 2.81. The minimum Gasteiger partial charge on any atom is -0.365 e. The van der Waals surface area contributed by atoms with Gasteiger partial charge in [-0.2, -0.15) is 9.97 Å². The molecule has 112 valence electrons. The third-order valence-electron chi connectivity index (χ3n) is 2.84. The number of fused-ring (bicyclic) bond motifs is 1. The molecule has 10 heteroatoms. The van der Waals surface area contributed by atoms with E-state index in [1.165, 1.54) is 23.0 Å². The van der Waals surface area contributed by atoms with Crippen LogP contribution in [0.25, 0.3) is 17.0 Å². The molecule has 0 aliphatic heterocycles. The fourth-order valence-corrected chi connectivity index (χ4v) is 3.00. The Balaban J connectivity index is 2.27. The van der Waals surface area contributed by atoms with E-state index in [4.69, 9.17) is 28.9 Å². The van der Waals surface area contributed by atoms with Gasteiger partial charge < -0.3 is 5.73 Å². The van der Waals surface area contributed by atoms with E-state index >= 15 is 0 Å². The summed E-state index contributed by atoms with van der Waals surface area (Å²) in [6.07, 6.45) is 1.39. The molecule has 22 heavy (non-hydrogen) atoms. The Bertz CT molecular complexity index is 906. The Hall–Kier alpha value is -1.77. The zero-order chi connectivity index (χ0) is 16.0. The third-order valence-corrected chi connectivity index (χ3v) is 3.99. The maximum absolute atomic E-state index is 13.6. The predicted molar refractivity (Wildman–Crippen MR) is 82.9 cm³/mol. The van der Waals surface area contributed by atoms with Gasteiger partial charge in [0.2, 0.25) is 5.95 Å². The lowest BCUT2D eigenvalue weighted by Crippen LogP contribution is -2.15. The number of nitrogens with zero attached hydrogens (tertiary/aromatic N) is 4. The van der Waals surface area contributed by atoms with Crippen LogP contribution in [-0.4, -0.2) is 25.4 Å². The second-order valence-corrected chi connectivity index (χ2v) is 5.78. The van der Waals surface area contributed by atoms with Gasteiger partial charge >= 0.3 is 0 Å². The highest BCUT2D eigenvalue weighted by Crippen LogP contribution is 2.27. The van der Waals surface area contributed by atoms with Crippen molar-refractivity contribution in [3.8, 4) is 5.95 Å². The Morgan fingerprint density at radius 2 is 1.91 bits per heavy atom. The standard InChI is InChI=1S/C12H5BrCl2FN5O/c13-5-1-4(16)2-6-8(5)18-3-21(6)12-19-9(14)7(11(17)22)10(15)20-12/h1-3H,(H2,17,22). The average molecular weight is 405 g/mol. The summed E-state index contributed by atoms with van der Waals surface area (Å²) < 4.78 is 15.4. The van der Waals surface area contributed by atoms with Gasteiger partial charge in [-0.25, -0.2) is 9.37 Å². The molecule has 0 saturated heterocycles. The molecule has 3 rings (SSSR count). The molecule has 0 aliphatic carbocycles. The number of hydrogen-bond donors (Lipinski definition) is 1. The first-order valence-electron chi connectivity index (χ1n) is 5.74. The topological polar surface area (TPSA) is 86.7 Å². The highest BCUT2D eigenvalue weighted by molar-refractivity contribution is 9.10. The second-order valence-electron chi connectivity index (χ2n) is 4.21. The number of halogens is 4. The van der Waals surface area contributed by atoms with E-state index in [0.29, 0.717) is 15.5 Å². The molecule has 0 radical (unpaired) electrons. The minimum atomic E-state index is -0.842. The fourth-order valence-electron chi connectivity index (χ4n) is 1.91. The Labute approximate surface area is 141 Å². The number of imidazole rings is 1. The van der Waals surface area contributed by atoms with Crippen LogP contribution in [0.2, 0.25) is 10.3 Å². The van der Waals surface area contributed by atoms with Crippen LogP contribution in [0, 0.1) is 5.82 Å². The number of carbonyl (C=O) groups is 1. The van der Waals surface area contributed by atoms with Crippen molar-refractivity contribution in [1.82, 2.24) is 19.5 Å². The zero-order valence-corrected chi connectivity index (χ0v) is 13.6. The molecule has 0 unspecified atom stereocenters. The van der Waals surface area contributed by atoms with E-state index in [9.17, 15) is 9.18 Å². The number of rotatable bonds is 2. The van der Waals surface area contributed by atoms with Crippen molar-refractivity contribution in [2.45, 2.75) is 0 Å². The third kappa shape index (κ3) is 2.43. The van der Waals surface area contributed by atoms with Gasteiger partial charge in [-0.05, 0) is 22.0 Å². The van der Waals surface area contributed by atoms with Crippen LogP contribution >= 0.6 is 39.1 Å². The van der Waals surface area contributed by atoms with Crippen LogP contribution in [0.15, 0.2) is 22.9 Å². The molecule has 2 heterocycles. The predicted octanol–water partition coefficient (Wildman–Crippen LogP) is 3.12. The molecular formula is C12H5BrCl2FN5O. The largest absolute Gasteiger partial charge is 0.365 e. The fraction of sp³-hybridized carbons (Fsp3) is 0. The van der Waals surface area contributed by atoms with Crippen LogP contribution in [0.5, 0.6) is 0 Å². The second kappa shape index (κ2) is 5.45. The summed E-state index contributed by atoms with van der Waals surface area (Å²) in [7, 11) is 0. The summed E-state index contributed by atoms with van der Waals surface area (Å²) in [6.45, 7) is 0. The SMILES string of the molecule is NC(=O)c1c(Cl)nc(-n2cnc3c(Br)cc(F)cc32)nc1Cl. The summed E-state index contributed by atoms with van der Waals surface area (Å²) >= 11 is 15.0. The van der Waals surface area contributed by atoms with Gasteiger partial charge in [0.25, 0.3) is 5.91 Å². The van der Waals surface area contributed by atoms with Gasteiger partial charge in [0.1, 0.15) is 33.5 Å². The van der Waals surface area contributed by atoms with Gasteiger partial charge in [0.15, 0.2) is 0 Å². The quantitative estimate of drug-likeness (QED) is 0.664. The summed E-state index contributed by atoms with van der Waals surface area (Å²) in [5, 5.41) is -0.389. The van der Waals surface area contributed by atoms with Crippen molar-refractivity contribution in [2.75, 3.05) is 0 Å². The Kier molecular flexibility index (Phi) is 3.75. The van der Waals surface area contributed by atoms with E-state index in [1.807, 2.05) is 0 Å². The maximum Gasteiger partial charge on any atom is 0.254 e. The first-order chi connectivity index (χ1) is 10.4. The van der Waals surface area contributed by atoms with Crippen LogP contribution in [-0.2, 0) is 0 Å². The summed E-state index contributed by atoms with van der Waals surface area (Å²) in [6, 6.07) is 2.55. The highest BCUT2D eigenvalue weighted by Gasteiger charge is 2.19. The van der Waals surface area contributed by atoms with Crippen LogP contribution in [0.1, 0.15) is 10.4 Å². The van der Waals surface area contributed by atoms with Crippen LogP contribution in [0.4, 0.5) is 4.39 Å². The number of hydrogen-bond acceptors (Lipinski definition) is 4. The maximum atomic E-state index is 13.6. The molecular weight excluding hydrogens is 400 g/mol. The molecule has 6 nitrogen and oxygen atoms in total. The molecule has 0 fully saturated rings. The number of primary amides is 1. The molecule has 2 N–H and O–H groups in total. The molecule has 1 amide bonds. The van der Waals surface area contributed by atoms with Gasteiger partial charge in [0.05, 0.1) is 5.52 Å². The summed E-state index contributed by atoms with van der Waals surface area (Å²) in [5.74, 6) is -1.27. The summed E-state index contributed by atoms with van der Waals surface area (Å²) in [4.78, 5) is 23.3. The normalized spacial score (nSPS) is 11.1. The molecule has 0 aliphatic rings. The van der Waals surface area contributed by atoms with E-state index in [2.05, 4.69) is 30.9 Å². The first-order valence-corrected chi connectivity index (χ1v) is 7.28. The molecule has 3 aromatic rings. The number of carbonyl (C=O) groups excluding carboxylic acids is 1. The van der Waals surface area contributed by atoms with E-state index in [0.717, 1.165) is 0 Å². The number of benzene rings is 1. The smallest absolute Gasteiger partial charge is 0.254 e. The number of aromatic nitrogens is 4. The van der Waals surface area contributed by atoms with Crippen LogP contribution in [0.3, 0.4) is 0 Å². The lowest BCUT2D eigenvalue weighted by Gasteiger charge is -2.07. The van der Waals surface area contributed by atoms with Gasteiger partial charge in [-0.3, -0.25) is 9.36 Å². The highest BCUT2D eigenvalue weighted by atomic mass is 79.9.